The molecule has 0 atom stereocenters. The molecule has 0 fully saturated rings. The number of ketones is 1. The Kier molecular flexibility index (Phi) is 5.26. The number of ether oxygens (including phenoxy) is 1. The van der Waals surface area contributed by atoms with Gasteiger partial charge >= 0.3 is 5.97 Å². The average Bonchev–Trinajstić information content (AvgIpc) is 2.54. The van der Waals surface area contributed by atoms with Crippen molar-refractivity contribution in [1.29, 1.82) is 0 Å². The van der Waals surface area contributed by atoms with Crippen LogP contribution in [-0.4, -0.2) is 18.4 Å². The van der Waals surface area contributed by atoms with Gasteiger partial charge in [0.1, 0.15) is 5.57 Å². The predicted molar refractivity (Wildman–Crippen MR) is 87.2 cm³/mol. The molecule has 0 aliphatic heterocycles. The van der Waals surface area contributed by atoms with E-state index in [0.29, 0.717) is 0 Å². The molecule has 0 N–H and O–H groups in total. The van der Waals surface area contributed by atoms with Crippen LogP contribution in [0.3, 0.4) is 0 Å². The maximum Gasteiger partial charge on any atom is 0.341 e. The van der Waals surface area contributed by atoms with Crippen LogP contribution in [0.15, 0.2) is 60.2 Å². The van der Waals surface area contributed by atoms with E-state index in [9.17, 15) is 9.59 Å². The number of carbonyl (C=O) groups excluding carboxylic acids is 2. The van der Waals surface area contributed by atoms with Gasteiger partial charge in [0, 0.05) is 0 Å². The van der Waals surface area contributed by atoms with Crippen molar-refractivity contribution < 1.29 is 14.3 Å². The molecule has 0 spiro atoms. The summed E-state index contributed by atoms with van der Waals surface area (Å²) >= 11 is 0. The molecule has 0 unspecified atom stereocenters. The minimum Gasteiger partial charge on any atom is -0.462 e. The Hall–Kier alpha value is -2.68. The molecule has 0 amide bonds. The Morgan fingerprint density at radius 2 is 1.55 bits per heavy atom. The lowest BCUT2D eigenvalue weighted by atomic mass is 10.0. The fraction of sp³-hybridized carbons (Fsp3) is 0.158. The highest BCUT2D eigenvalue weighted by Crippen LogP contribution is 2.20. The van der Waals surface area contributed by atoms with E-state index < -0.39 is 5.97 Å². The van der Waals surface area contributed by atoms with Crippen molar-refractivity contribution in [1.82, 2.24) is 0 Å². The molecule has 2 aromatic rings. The summed E-state index contributed by atoms with van der Waals surface area (Å²) in [7, 11) is 0. The zero-order valence-electron chi connectivity index (χ0n) is 12.7. The second kappa shape index (κ2) is 7.36. The smallest absolute Gasteiger partial charge is 0.341 e. The third-order valence-corrected chi connectivity index (χ3v) is 3.20. The molecule has 0 aliphatic carbocycles. The van der Waals surface area contributed by atoms with Crippen LogP contribution in [-0.2, 0) is 14.3 Å². The van der Waals surface area contributed by atoms with Gasteiger partial charge in [-0.25, -0.2) is 4.79 Å². The SMILES string of the molecule is CCOC(=O)/C(=C/c1ccc(-c2ccccc2)cc1)C(C)=O. The second-order valence-electron chi connectivity index (χ2n) is 4.82. The van der Waals surface area contributed by atoms with Crippen molar-refractivity contribution in [3.63, 3.8) is 0 Å². The first-order valence-electron chi connectivity index (χ1n) is 7.17. The first-order chi connectivity index (χ1) is 10.6. The predicted octanol–water partition coefficient (Wildman–Crippen LogP) is 3.89. The summed E-state index contributed by atoms with van der Waals surface area (Å²) in [6.45, 7) is 3.32. The lowest BCUT2D eigenvalue weighted by Crippen LogP contribution is -2.13. The van der Waals surface area contributed by atoms with Gasteiger partial charge in [0.15, 0.2) is 5.78 Å². The number of hydrogen-bond donors (Lipinski definition) is 0. The summed E-state index contributed by atoms with van der Waals surface area (Å²) < 4.78 is 4.90. The maximum atomic E-state index is 11.8. The normalized spacial score (nSPS) is 11.1. The van der Waals surface area contributed by atoms with Crippen molar-refractivity contribution in [2.45, 2.75) is 13.8 Å². The molecule has 3 heteroatoms. The standard InChI is InChI=1S/C19H18O3/c1-3-22-19(21)18(14(2)20)13-15-9-11-17(12-10-15)16-7-5-4-6-8-16/h4-13H,3H2,1-2H3/b18-13+. The lowest BCUT2D eigenvalue weighted by Gasteiger charge is -2.05. The number of carbonyl (C=O) groups is 2. The fourth-order valence-corrected chi connectivity index (χ4v) is 2.08. The molecule has 3 nitrogen and oxygen atoms in total. The highest BCUT2D eigenvalue weighted by Gasteiger charge is 2.15. The van der Waals surface area contributed by atoms with E-state index in [2.05, 4.69) is 0 Å². The minimum absolute atomic E-state index is 0.0642. The van der Waals surface area contributed by atoms with Crippen LogP contribution in [0.5, 0.6) is 0 Å². The minimum atomic E-state index is -0.581. The molecule has 0 aliphatic rings. The zero-order chi connectivity index (χ0) is 15.9. The average molecular weight is 294 g/mol. The topological polar surface area (TPSA) is 43.4 Å². The van der Waals surface area contributed by atoms with E-state index in [1.165, 1.54) is 6.92 Å². The molecule has 112 valence electrons. The van der Waals surface area contributed by atoms with Crippen LogP contribution < -0.4 is 0 Å². The van der Waals surface area contributed by atoms with Crippen molar-refractivity contribution in [2.75, 3.05) is 6.61 Å². The monoisotopic (exact) mass is 294 g/mol. The summed E-state index contributed by atoms with van der Waals surface area (Å²) in [4.78, 5) is 23.4. The van der Waals surface area contributed by atoms with E-state index >= 15 is 0 Å². The van der Waals surface area contributed by atoms with Gasteiger partial charge in [-0.2, -0.15) is 0 Å². The van der Waals surface area contributed by atoms with Crippen LogP contribution in [0.25, 0.3) is 17.2 Å². The zero-order valence-corrected chi connectivity index (χ0v) is 12.7. The van der Waals surface area contributed by atoms with Gasteiger partial charge in [0.25, 0.3) is 0 Å². The Morgan fingerprint density at radius 3 is 2.09 bits per heavy atom. The second-order valence-corrected chi connectivity index (χ2v) is 4.82. The number of esters is 1. The third-order valence-electron chi connectivity index (χ3n) is 3.20. The highest BCUT2D eigenvalue weighted by molar-refractivity contribution is 6.19. The number of hydrogen-bond acceptors (Lipinski definition) is 3. The maximum absolute atomic E-state index is 11.8. The van der Waals surface area contributed by atoms with E-state index in [4.69, 9.17) is 4.74 Å². The lowest BCUT2D eigenvalue weighted by molar-refractivity contribution is -0.139. The summed E-state index contributed by atoms with van der Waals surface area (Å²) in [5.74, 6) is -0.882. The number of rotatable bonds is 5. The third kappa shape index (κ3) is 3.92. The molecule has 0 bridgehead atoms. The van der Waals surface area contributed by atoms with Gasteiger partial charge in [-0.15, -0.1) is 0 Å². The summed E-state index contributed by atoms with van der Waals surface area (Å²) in [6.07, 6.45) is 1.56. The summed E-state index contributed by atoms with van der Waals surface area (Å²) in [5, 5.41) is 0. The van der Waals surface area contributed by atoms with Crippen LogP contribution in [0.2, 0.25) is 0 Å². The van der Waals surface area contributed by atoms with Crippen molar-refractivity contribution in [3.8, 4) is 11.1 Å². The largest absolute Gasteiger partial charge is 0.462 e. The molecule has 0 saturated carbocycles. The Morgan fingerprint density at radius 1 is 0.955 bits per heavy atom. The molecule has 0 heterocycles. The van der Waals surface area contributed by atoms with Gasteiger partial charge in [-0.05, 0) is 36.6 Å². The van der Waals surface area contributed by atoms with Gasteiger partial charge in [-0.3, -0.25) is 4.79 Å². The first-order valence-corrected chi connectivity index (χ1v) is 7.17. The Labute approximate surface area is 130 Å². The Balaban J connectivity index is 2.27. The molecule has 0 radical (unpaired) electrons. The fourth-order valence-electron chi connectivity index (χ4n) is 2.08. The van der Waals surface area contributed by atoms with Crippen molar-refractivity contribution in [3.05, 3.63) is 65.7 Å². The van der Waals surface area contributed by atoms with E-state index in [1.54, 1.807) is 13.0 Å². The van der Waals surface area contributed by atoms with E-state index in [-0.39, 0.29) is 18.0 Å². The van der Waals surface area contributed by atoms with Gasteiger partial charge in [0.2, 0.25) is 0 Å². The van der Waals surface area contributed by atoms with Crippen LogP contribution in [0, 0.1) is 0 Å². The molecule has 2 aromatic carbocycles. The van der Waals surface area contributed by atoms with E-state index in [1.807, 2.05) is 54.6 Å². The molecular formula is C19H18O3. The van der Waals surface area contributed by atoms with Crippen LogP contribution in [0.4, 0.5) is 0 Å². The van der Waals surface area contributed by atoms with Crippen LogP contribution in [0.1, 0.15) is 19.4 Å². The molecule has 0 saturated heterocycles. The van der Waals surface area contributed by atoms with Gasteiger partial charge in [-0.1, -0.05) is 54.6 Å². The Bertz CT molecular complexity index is 682. The molecule has 2 rings (SSSR count). The quantitative estimate of drug-likeness (QED) is 0.364. The van der Waals surface area contributed by atoms with E-state index in [0.717, 1.165) is 16.7 Å². The summed E-state index contributed by atoms with van der Waals surface area (Å²) in [6, 6.07) is 17.7. The van der Waals surface area contributed by atoms with Crippen molar-refractivity contribution in [2.24, 2.45) is 0 Å². The van der Waals surface area contributed by atoms with Crippen LogP contribution >= 0.6 is 0 Å². The molecule has 0 aromatic heterocycles. The number of benzene rings is 2. The number of Topliss-reactive ketones (excluding diaryl/α,β-unsaturated/α-hetero) is 1. The van der Waals surface area contributed by atoms with Crippen molar-refractivity contribution >= 4 is 17.8 Å². The molecular weight excluding hydrogens is 276 g/mol. The summed E-state index contributed by atoms with van der Waals surface area (Å²) in [5.41, 5.74) is 3.06. The highest BCUT2D eigenvalue weighted by atomic mass is 16.5. The van der Waals surface area contributed by atoms with Gasteiger partial charge in [0.05, 0.1) is 6.61 Å². The first kappa shape index (κ1) is 15.7. The van der Waals surface area contributed by atoms with Gasteiger partial charge < -0.3 is 4.74 Å². The molecule has 22 heavy (non-hydrogen) atoms.